The number of fused-ring (bicyclic) bond motifs is 1. The highest BCUT2D eigenvalue weighted by atomic mass is 32.2. The van der Waals surface area contributed by atoms with Gasteiger partial charge in [-0.2, -0.15) is 0 Å². The van der Waals surface area contributed by atoms with Crippen LogP contribution in [0, 0.1) is 17.5 Å². The molecule has 2 aromatic heterocycles. The predicted octanol–water partition coefficient (Wildman–Crippen LogP) is 4.00. The second-order valence-electron chi connectivity index (χ2n) is 7.30. The van der Waals surface area contributed by atoms with E-state index in [9.17, 15) is 17.8 Å². The van der Waals surface area contributed by atoms with E-state index in [1.165, 1.54) is 18.2 Å². The number of halogens is 3. The first kappa shape index (κ1) is 23.6. The van der Waals surface area contributed by atoms with Gasteiger partial charge in [-0.05, 0) is 54.8 Å². The van der Waals surface area contributed by atoms with Gasteiger partial charge in [0.1, 0.15) is 5.82 Å². The second-order valence-corrected chi connectivity index (χ2v) is 8.08. The zero-order valence-corrected chi connectivity index (χ0v) is 18.3. The lowest BCUT2D eigenvalue weighted by atomic mass is 9.97. The van der Waals surface area contributed by atoms with Crippen LogP contribution in [-0.4, -0.2) is 36.0 Å². The number of aromatic nitrogens is 3. The van der Waals surface area contributed by atoms with E-state index in [0.717, 1.165) is 0 Å². The van der Waals surface area contributed by atoms with E-state index in [-0.39, 0.29) is 30.5 Å². The van der Waals surface area contributed by atoms with Gasteiger partial charge >= 0.3 is 0 Å². The molecule has 1 atom stereocenters. The highest BCUT2D eigenvalue weighted by molar-refractivity contribution is 7.77. The van der Waals surface area contributed by atoms with Crippen LogP contribution >= 0.6 is 0 Å². The highest BCUT2D eigenvalue weighted by Gasteiger charge is 2.25. The molecular weight excluding hydrogens is 469 g/mol. The number of carbonyl (C=O) groups is 1. The minimum Gasteiger partial charge on any atom is -0.294 e. The van der Waals surface area contributed by atoms with Gasteiger partial charge in [-0.15, -0.1) is 0 Å². The average Bonchev–Trinajstić information content (AvgIpc) is 2.84. The molecule has 2 aromatic carbocycles. The van der Waals surface area contributed by atoms with Gasteiger partial charge < -0.3 is 0 Å². The third-order valence-corrected chi connectivity index (χ3v) is 5.52. The molecule has 2 N–H and O–H groups in total. The Morgan fingerprint density at radius 1 is 1.06 bits per heavy atom. The van der Waals surface area contributed by atoms with Crippen molar-refractivity contribution in [3.8, 4) is 11.3 Å². The van der Waals surface area contributed by atoms with Crippen molar-refractivity contribution in [2.45, 2.75) is 12.8 Å². The first-order valence-electron chi connectivity index (χ1n) is 10.1. The lowest BCUT2D eigenvalue weighted by Crippen LogP contribution is -2.18. The minimum absolute atomic E-state index is 0.0352. The molecule has 0 aliphatic rings. The van der Waals surface area contributed by atoms with Gasteiger partial charge in [-0.25, -0.2) is 27.1 Å². The van der Waals surface area contributed by atoms with Crippen LogP contribution < -0.4 is 4.72 Å². The van der Waals surface area contributed by atoms with Crippen LogP contribution in [0.25, 0.3) is 22.3 Å². The summed E-state index contributed by atoms with van der Waals surface area (Å²) in [5, 5.41) is 0. The largest absolute Gasteiger partial charge is 0.294 e. The van der Waals surface area contributed by atoms with Crippen LogP contribution in [0.15, 0.2) is 55.0 Å². The lowest BCUT2D eigenvalue weighted by molar-refractivity contribution is 0.102. The maximum atomic E-state index is 15.0. The summed E-state index contributed by atoms with van der Waals surface area (Å²) in [6.07, 6.45) is 4.82. The van der Waals surface area contributed by atoms with Crippen molar-refractivity contribution < 1.29 is 26.7 Å². The van der Waals surface area contributed by atoms with E-state index in [4.69, 9.17) is 4.55 Å². The molecule has 11 heteroatoms. The van der Waals surface area contributed by atoms with Crippen molar-refractivity contribution in [1.29, 1.82) is 0 Å². The van der Waals surface area contributed by atoms with Crippen LogP contribution in [0.5, 0.6) is 0 Å². The summed E-state index contributed by atoms with van der Waals surface area (Å²) in [4.78, 5) is 25.8. The van der Waals surface area contributed by atoms with Crippen molar-refractivity contribution in [2.24, 2.45) is 0 Å². The Labute approximate surface area is 194 Å². The number of nitrogens with one attached hydrogen (secondary N) is 1. The summed E-state index contributed by atoms with van der Waals surface area (Å²) in [6.45, 7) is 0.0352. The SMILES string of the molecule is O=C(c1ccc2ncc(-c3cccnc3)nc2c1)c1c(F)c(F)cc(CCCNS(=O)O)c1F. The average molecular weight is 486 g/mol. The molecule has 0 fully saturated rings. The number of hydrogen-bond acceptors (Lipinski definition) is 5. The number of pyridine rings is 1. The smallest absolute Gasteiger partial charge is 0.231 e. The predicted molar refractivity (Wildman–Crippen MR) is 120 cm³/mol. The van der Waals surface area contributed by atoms with E-state index in [1.807, 2.05) is 0 Å². The number of aryl methyl sites for hydroxylation is 1. The molecule has 0 aliphatic carbocycles. The van der Waals surface area contributed by atoms with Crippen LogP contribution in [0.3, 0.4) is 0 Å². The summed E-state index contributed by atoms with van der Waals surface area (Å²) < 4.78 is 65.3. The van der Waals surface area contributed by atoms with Gasteiger partial charge in [0.15, 0.2) is 17.4 Å². The molecule has 0 saturated heterocycles. The van der Waals surface area contributed by atoms with E-state index in [0.29, 0.717) is 28.4 Å². The fourth-order valence-electron chi connectivity index (χ4n) is 3.43. The molecule has 7 nitrogen and oxygen atoms in total. The van der Waals surface area contributed by atoms with E-state index in [2.05, 4.69) is 19.7 Å². The molecule has 34 heavy (non-hydrogen) atoms. The molecule has 0 amide bonds. The third-order valence-electron chi connectivity index (χ3n) is 5.07. The normalized spacial score (nSPS) is 12.1. The highest BCUT2D eigenvalue weighted by Crippen LogP contribution is 2.26. The summed E-state index contributed by atoms with van der Waals surface area (Å²) >= 11 is -2.25. The molecule has 2 heterocycles. The Morgan fingerprint density at radius 2 is 1.88 bits per heavy atom. The first-order valence-corrected chi connectivity index (χ1v) is 11.2. The number of carbonyl (C=O) groups excluding carboxylic acids is 1. The van der Waals surface area contributed by atoms with Crippen molar-refractivity contribution >= 4 is 28.1 Å². The number of nitrogens with zero attached hydrogens (tertiary/aromatic N) is 3. The van der Waals surface area contributed by atoms with Gasteiger partial charge in [0, 0.05) is 30.1 Å². The number of rotatable bonds is 8. The van der Waals surface area contributed by atoms with E-state index in [1.54, 1.807) is 30.7 Å². The molecule has 0 aliphatic heterocycles. The molecule has 0 bridgehead atoms. The second kappa shape index (κ2) is 10.2. The van der Waals surface area contributed by atoms with Crippen molar-refractivity contribution in [2.75, 3.05) is 6.54 Å². The number of benzene rings is 2. The Bertz CT molecular complexity index is 1400. The van der Waals surface area contributed by atoms with Crippen LogP contribution in [0.1, 0.15) is 27.9 Å². The summed E-state index contributed by atoms with van der Waals surface area (Å²) in [6, 6.07) is 8.36. The standard InChI is InChI=1S/C23H17F3N4O3S/c24-16-9-13(3-2-8-29-34(32)33)21(25)20(22(16)26)23(31)14-5-6-17-18(10-14)30-19(12-28-17)15-4-1-7-27-11-15/h1,4-7,9-12,29H,2-3,8H2,(H,32,33). The van der Waals surface area contributed by atoms with E-state index < -0.39 is 40.1 Å². The van der Waals surface area contributed by atoms with Gasteiger partial charge in [-0.1, -0.05) is 0 Å². The lowest BCUT2D eigenvalue weighted by Gasteiger charge is -2.11. The van der Waals surface area contributed by atoms with E-state index >= 15 is 4.39 Å². The maximum absolute atomic E-state index is 15.0. The Balaban J connectivity index is 1.68. The van der Waals surface area contributed by atoms with Gasteiger partial charge in [0.05, 0.1) is 28.5 Å². The van der Waals surface area contributed by atoms with Gasteiger partial charge in [0.2, 0.25) is 11.3 Å². The number of ketones is 1. The van der Waals surface area contributed by atoms with Crippen LogP contribution in [-0.2, 0) is 17.7 Å². The monoisotopic (exact) mass is 486 g/mol. The van der Waals surface area contributed by atoms with Crippen molar-refractivity contribution in [3.63, 3.8) is 0 Å². The summed E-state index contributed by atoms with van der Waals surface area (Å²) in [5.41, 5.74) is 0.646. The Hall–Kier alpha value is -3.54. The molecule has 1 unspecified atom stereocenters. The van der Waals surface area contributed by atoms with Crippen LogP contribution in [0.2, 0.25) is 0 Å². The molecule has 0 saturated carbocycles. The van der Waals surface area contributed by atoms with Gasteiger partial charge in [0.25, 0.3) is 0 Å². The molecule has 4 rings (SSSR count). The first-order chi connectivity index (χ1) is 16.3. The third kappa shape index (κ3) is 5.01. The Kier molecular flexibility index (Phi) is 7.06. The zero-order valence-electron chi connectivity index (χ0n) is 17.5. The minimum atomic E-state index is -2.25. The molecule has 0 spiro atoms. The zero-order chi connectivity index (χ0) is 24.2. The fourth-order valence-corrected chi connectivity index (χ4v) is 3.74. The van der Waals surface area contributed by atoms with Crippen LogP contribution in [0.4, 0.5) is 13.2 Å². The van der Waals surface area contributed by atoms with Crippen molar-refractivity contribution in [3.05, 3.63) is 89.1 Å². The maximum Gasteiger partial charge on any atom is 0.231 e. The summed E-state index contributed by atoms with van der Waals surface area (Å²) in [7, 11) is 0. The molecule has 0 radical (unpaired) electrons. The fraction of sp³-hybridized carbons (Fsp3) is 0.130. The quantitative estimate of drug-likeness (QED) is 0.169. The topological polar surface area (TPSA) is 105 Å². The molecule has 4 aromatic rings. The molecular formula is C23H17F3N4O3S. The van der Waals surface area contributed by atoms with Gasteiger partial charge in [-0.3, -0.25) is 19.3 Å². The molecule has 174 valence electrons. The van der Waals surface area contributed by atoms with Crippen molar-refractivity contribution in [1.82, 2.24) is 19.7 Å². The summed E-state index contributed by atoms with van der Waals surface area (Å²) in [5.74, 6) is -5.17. The Morgan fingerprint density at radius 3 is 2.62 bits per heavy atom. The number of hydrogen-bond donors (Lipinski definition) is 2.